The molecule has 0 bridgehead atoms. The minimum Gasteiger partial charge on any atom is -0.493 e. The number of rotatable bonds is 8. The molecular formula is C23H32N4O3. The van der Waals surface area contributed by atoms with Crippen molar-refractivity contribution in [2.45, 2.75) is 20.3 Å². The summed E-state index contributed by atoms with van der Waals surface area (Å²) < 4.78 is 11.2. The lowest BCUT2D eigenvalue weighted by molar-refractivity contribution is 0.102. The van der Waals surface area contributed by atoms with Gasteiger partial charge in [-0.3, -0.25) is 4.79 Å². The zero-order valence-electron chi connectivity index (χ0n) is 18.4. The number of ether oxygens (including phenoxy) is 2. The minimum absolute atomic E-state index is 0.234. The van der Waals surface area contributed by atoms with E-state index in [1.54, 1.807) is 25.3 Å². The van der Waals surface area contributed by atoms with Gasteiger partial charge >= 0.3 is 0 Å². The second-order valence-electron chi connectivity index (χ2n) is 8.04. The fourth-order valence-electron chi connectivity index (χ4n) is 3.23. The molecule has 1 aromatic heterocycles. The van der Waals surface area contributed by atoms with E-state index in [2.05, 4.69) is 41.0 Å². The number of likely N-dealkylation sites (N-methyl/N-ethyl adjacent to an activating group) is 1. The van der Waals surface area contributed by atoms with Gasteiger partial charge in [-0.25, -0.2) is 4.98 Å². The Labute approximate surface area is 179 Å². The molecule has 1 saturated heterocycles. The monoisotopic (exact) mass is 412 g/mol. The number of hydrogen-bond acceptors (Lipinski definition) is 6. The predicted octanol–water partition coefficient (Wildman–Crippen LogP) is 3.52. The van der Waals surface area contributed by atoms with E-state index < -0.39 is 0 Å². The van der Waals surface area contributed by atoms with Gasteiger partial charge in [0.1, 0.15) is 5.82 Å². The summed E-state index contributed by atoms with van der Waals surface area (Å²) in [4.78, 5) is 21.7. The van der Waals surface area contributed by atoms with E-state index in [0.29, 0.717) is 35.4 Å². The fourth-order valence-corrected chi connectivity index (χ4v) is 3.23. The predicted molar refractivity (Wildman–Crippen MR) is 120 cm³/mol. The number of amides is 1. The average molecular weight is 413 g/mol. The second-order valence-corrected chi connectivity index (χ2v) is 8.04. The molecule has 1 amide bonds. The van der Waals surface area contributed by atoms with Crippen molar-refractivity contribution in [1.29, 1.82) is 0 Å². The summed E-state index contributed by atoms with van der Waals surface area (Å²) in [6, 6.07) is 9.05. The third-order valence-corrected chi connectivity index (χ3v) is 5.24. The SMILES string of the molecule is COc1cc(C(=O)Nc2ccc(N3CCN(C)CC3)cn2)ccc1OCCC(C)C. The van der Waals surface area contributed by atoms with Gasteiger partial charge in [0.2, 0.25) is 0 Å². The van der Waals surface area contributed by atoms with Crippen LogP contribution in [0.1, 0.15) is 30.6 Å². The van der Waals surface area contributed by atoms with Crippen LogP contribution in [0.4, 0.5) is 11.5 Å². The van der Waals surface area contributed by atoms with Crippen LogP contribution in [0, 0.1) is 5.92 Å². The first-order valence-electron chi connectivity index (χ1n) is 10.5. The smallest absolute Gasteiger partial charge is 0.256 e. The van der Waals surface area contributed by atoms with Gasteiger partial charge in [0.15, 0.2) is 11.5 Å². The first-order valence-corrected chi connectivity index (χ1v) is 10.5. The highest BCUT2D eigenvalue weighted by Crippen LogP contribution is 2.29. The Bertz CT molecular complexity index is 831. The van der Waals surface area contributed by atoms with Gasteiger partial charge in [-0.15, -0.1) is 0 Å². The lowest BCUT2D eigenvalue weighted by Gasteiger charge is -2.33. The Kier molecular flexibility index (Phi) is 7.52. The summed E-state index contributed by atoms with van der Waals surface area (Å²) in [5.41, 5.74) is 1.57. The van der Waals surface area contributed by atoms with Gasteiger partial charge in [-0.1, -0.05) is 13.8 Å². The van der Waals surface area contributed by atoms with Crippen LogP contribution in [0.5, 0.6) is 11.5 Å². The summed E-state index contributed by atoms with van der Waals surface area (Å²) in [5.74, 6) is 2.04. The molecule has 0 spiro atoms. The van der Waals surface area contributed by atoms with Crippen LogP contribution >= 0.6 is 0 Å². The van der Waals surface area contributed by atoms with E-state index in [4.69, 9.17) is 9.47 Å². The molecule has 0 unspecified atom stereocenters. The van der Waals surface area contributed by atoms with E-state index in [9.17, 15) is 4.79 Å². The topological polar surface area (TPSA) is 66.9 Å². The number of piperazine rings is 1. The van der Waals surface area contributed by atoms with Crippen LogP contribution in [0.15, 0.2) is 36.5 Å². The van der Waals surface area contributed by atoms with Crippen molar-refractivity contribution in [2.24, 2.45) is 5.92 Å². The molecule has 1 fully saturated rings. The Balaban J connectivity index is 1.61. The van der Waals surface area contributed by atoms with Gasteiger partial charge in [0.25, 0.3) is 5.91 Å². The minimum atomic E-state index is -0.234. The number of methoxy groups -OCH3 is 1. The quantitative estimate of drug-likeness (QED) is 0.716. The van der Waals surface area contributed by atoms with Gasteiger partial charge in [-0.2, -0.15) is 0 Å². The number of hydrogen-bond donors (Lipinski definition) is 1. The molecule has 1 N–H and O–H groups in total. The van der Waals surface area contributed by atoms with Crippen LogP contribution in [0.3, 0.4) is 0 Å². The lowest BCUT2D eigenvalue weighted by Crippen LogP contribution is -2.44. The van der Waals surface area contributed by atoms with Crippen LogP contribution in [0.2, 0.25) is 0 Å². The lowest BCUT2D eigenvalue weighted by atomic mass is 10.1. The molecule has 30 heavy (non-hydrogen) atoms. The number of nitrogens with one attached hydrogen (secondary N) is 1. The normalized spacial score (nSPS) is 14.6. The standard InChI is InChI=1S/C23H32N4O3/c1-17(2)9-14-30-20-7-5-18(15-21(20)29-4)23(28)25-22-8-6-19(16-24-22)27-12-10-26(3)11-13-27/h5-8,15-17H,9-14H2,1-4H3,(H,24,25,28). The summed E-state index contributed by atoms with van der Waals surface area (Å²) in [5, 5.41) is 2.85. The molecule has 162 valence electrons. The van der Waals surface area contributed by atoms with E-state index in [1.165, 1.54) is 0 Å². The average Bonchev–Trinajstić information content (AvgIpc) is 2.75. The molecule has 1 aliphatic rings. The first kappa shape index (κ1) is 21.9. The van der Waals surface area contributed by atoms with Crippen molar-refractivity contribution in [2.75, 3.05) is 57.2 Å². The molecule has 1 aromatic carbocycles. The highest BCUT2D eigenvalue weighted by atomic mass is 16.5. The molecule has 0 saturated carbocycles. The molecule has 7 heteroatoms. The maximum atomic E-state index is 12.7. The van der Waals surface area contributed by atoms with Crippen LogP contribution < -0.4 is 19.7 Å². The number of anilines is 2. The van der Waals surface area contributed by atoms with Crippen LogP contribution in [-0.2, 0) is 0 Å². The summed E-state index contributed by atoms with van der Waals surface area (Å²) in [7, 11) is 3.71. The Morgan fingerprint density at radius 2 is 1.90 bits per heavy atom. The largest absolute Gasteiger partial charge is 0.493 e. The molecule has 1 aliphatic heterocycles. The van der Waals surface area contributed by atoms with E-state index >= 15 is 0 Å². The first-order chi connectivity index (χ1) is 14.5. The van der Waals surface area contributed by atoms with Gasteiger partial charge in [-0.05, 0) is 49.7 Å². The Hall–Kier alpha value is -2.80. The summed E-state index contributed by atoms with van der Waals surface area (Å²) in [6.45, 7) is 8.96. The summed E-state index contributed by atoms with van der Waals surface area (Å²) in [6.07, 6.45) is 2.77. The highest BCUT2D eigenvalue weighted by Gasteiger charge is 2.15. The summed E-state index contributed by atoms with van der Waals surface area (Å²) >= 11 is 0. The van der Waals surface area contributed by atoms with Crippen LogP contribution in [-0.4, -0.2) is 62.7 Å². The molecule has 3 rings (SSSR count). The molecular weight excluding hydrogens is 380 g/mol. The number of carbonyl (C=O) groups excluding carboxylic acids is 1. The van der Waals surface area contributed by atoms with Gasteiger partial charge in [0, 0.05) is 31.7 Å². The number of aromatic nitrogens is 1. The van der Waals surface area contributed by atoms with Crippen molar-refractivity contribution in [3.05, 3.63) is 42.1 Å². The second kappa shape index (κ2) is 10.3. The number of pyridine rings is 1. The maximum Gasteiger partial charge on any atom is 0.256 e. The molecule has 0 aliphatic carbocycles. The van der Waals surface area contributed by atoms with E-state index in [-0.39, 0.29) is 5.91 Å². The van der Waals surface area contributed by atoms with Crippen LogP contribution in [0.25, 0.3) is 0 Å². The Morgan fingerprint density at radius 1 is 1.13 bits per heavy atom. The van der Waals surface area contributed by atoms with Crippen molar-refractivity contribution in [3.8, 4) is 11.5 Å². The molecule has 2 aromatic rings. The van der Waals surface area contributed by atoms with Crippen molar-refractivity contribution in [1.82, 2.24) is 9.88 Å². The Morgan fingerprint density at radius 3 is 2.53 bits per heavy atom. The van der Waals surface area contributed by atoms with E-state index in [1.807, 2.05) is 18.3 Å². The van der Waals surface area contributed by atoms with Gasteiger partial charge in [0.05, 0.1) is 25.6 Å². The fraction of sp³-hybridized carbons (Fsp3) is 0.478. The zero-order chi connectivity index (χ0) is 21.5. The highest BCUT2D eigenvalue weighted by molar-refractivity contribution is 6.04. The van der Waals surface area contributed by atoms with Crippen molar-refractivity contribution >= 4 is 17.4 Å². The van der Waals surface area contributed by atoms with Crippen molar-refractivity contribution in [3.63, 3.8) is 0 Å². The third-order valence-electron chi connectivity index (χ3n) is 5.24. The van der Waals surface area contributed by atoms with Crippen molar-refractivity contribution < 1.29 is 14.3 Å². The zero-order valence-corrected chi connectivity index (χ0v) is 18.4. The molecule has 2 heterocycles. The molecule has 0 atom stereocenters. The number of carbonyl (C=O) groups is 1. The molecule has 0 radical (unpaired) electrons. The third kappa shape index (κ3) is 5.86. The number of benzene rings is 1. The van der Waals surface area contributed by atoms with E-state index in [0.717, 1.165) is 38.3 Å². The maximum absolute atomic E-state index is 12.7. The van der Waals surface area contributed by atoms with Gasteiger partial charge < -0.3 is 24.6 Å². The number of nitrogens with zero attached hydrogens (tertiary/aromatic N) is 3. The molecule has 7 nitrogen and oxygen atoms in total.